The maximum absolute atomic E-state index is 12.4. The van der Waals surface area contributed by atoms with Gasteiger partial charge in [-0.3, -0.25) is 9.59 Å². The standard InChI is InChI=1S/C34H62N2O4S4/c1-3-29-27-31(29)11-5-9-23-41-43-25-21-39-33(37)13-17-36(20-19-35-15-7-8-16-35)18-14-34(38)40-22-26-44-42-24-10-6-12-32-28-30(32)4-2/h29-32H,3-28H2,1-2H3. The van der Waals surface area contributed by atoms with Gasteiger partial charge in [0.25, 0.3) is 0 Å². The minimum Gasteiger partial charge on any atom is -0.465 e. The normalized spacial score (nSPS) is 22.9. The number of unbranched alkanes of at least 4 members (excludes halogenated alkanes) is 2. The summed E-state index contributed by atoms with van der Waals surface area (Å²) in [5.74, 6) is 7.88. The molecule has 0 N–H and O–H groups in total. The Bertz CT molecular complexity index is 722. The summed E-state index contributed by atoms with van der Waals surface area (Å²) in [5, 5.41) is 0. The molecule has 4 atom stereocenters. The third kappa shape index (κ3) is 18.6. The van der Waals surface area contributed by atoms with E-state index in [1.165, 1.54) is 88.6 Å². The summed E-state index contributed by atoms with van der Waals surface area (Å²) in [5.41, 5.74) is 0. The molecule has 0 bridgehead atoms. The molecule has 44 heavy (non-hydrogen) atoms. The molecule has 3 aliphatic rings. The summed E-state index contributed by atoms with van der Waals surface area (Å²) in [6.45, 7) is 11.0. The zero-order chi connectivity index (χ0) is 31.2. The van der Waals surface area contributed by atoms with E-state index in [0.29, 0.717) is 39.1 Å². The molecule has 0 aromatic heterocycles. The van der Waals surface area contributed by atoms with Gasteiger partial charge in [-0.2, -0.15) is 0 Å². The third-order valence-corrected chi connectivity index (χ3v) is 14.4. The molecule has 1 aliphatic heterocycles. The largest absolute Gasteiger partial charge is 0.465 e. The highest BCUT2D eigenvalue weighted by atomic mass is 33.1. The number of nitrogens with zero attached hydrogens (tertiary/aromatic N) is 2. The molecule has 4 unspecified atom stereocenters. The van der Waals surface area contributed by atoms with Gasteiger partial charge in [0.15, 0.2) is 0 Å². The summed E-state index contributed by atoms with van der Waals surface area (Å²) in [6.07, 6.45) is 17.1. The SMILES string of the molecule is CCC1CC1CCCCSSCCOC(=O)CCN(CCC(=O)OCCSSCCCCC1CC1CC)CCN1CCCC1. The smallest absolute Gasteiger partial charge is 0.307 e. The minimum atomic E-state index is -0.133. The molecule has 0 radical (unpaired) electrons. The molecule has 0 spiro atoms. The van der Waals surface area contributed by atoms with Gasteiger partial charge in [-0.05, 0) is 75.3 Å². The molecule has 0 aromatic carbocycles. The molecule has 6 nitrogen and oxygen atoms in total. The van der Waals surface area contributed by atoms with Crippen LogP contribution in [0.4, 0.5) is 0 Å². The molecular formula is C34H62N2O4S4. The Morgan fingerprint density at radius 2 is 1.14 bits per heavy atom. The lowest BCUT2D eigenvalue weighted by Crippen LogP contribution is -2.36. The topological polar surface area (TPSA) is 59.1 Å². The summed E-state index contributed by atoms with van der Waals surface area (Å²) in [4.78, 5) is 29.5. The van der Waals surface area contributed by atoms with Gasteiger partial charge >= 0.3 is 11.9 Å². The first-order chi connectivity index (χ1) is 21.6. The van der Waals surface area contributed by atoms with Crippen LogP contribution in [0.5, 0.6) is 0 Å². The predicted octanol–water partition coefficient (Wildman–Crippen LogP) is 8.45. The van der Waals surface area contributed by atoms with E-state index >= 15 is 0 Å². The van der Waals surface area contributed by atoms with Gasteiger partial charge in [-0.25, -0.2) is 0 Å². The fraction of sp³-hybridized carbons (Fsp3) is 0.941. The fourth-order valence-electron chi connectivity index (χ4n) is 6.35. The van der Waals surface area contributed by atoms with Crippen molar-refractivity contribution in [2.45, 2.75) is 104 Å². The van der Waals surface area contributed by atoms with Crippen molar-refractivity contribution in [3.05, 3.63) is 0 Å². The quantitative estimate of drug-likeness (QED) is 0.0434. The molecular weight excluding hydrogens is 629 g/mol. The van der Waals surface area contributed by atoms with Crippen LogP contribution in [0.1, 0.15) is 104 Å². The Balaban J connectivity index is 1.15. The number of hydrogen-bond acceptors (Lipinski definition) is 10. The van der Waals surface area contributed by atoms with Gasteiger partial charge in [-0.15, -0.1) is 0 Å². The number of likely N-dealkylation sites (tertiary alicyclic amines) is 1. The Morgan fingerprint density at radius 3 is 1.59 bits per heavy atom. The Kier molecular flexibility index (Phi) is 21.5. The molecule has 0 aromatic rings. The van der Waals surface area contributed by atoms with Crippen LogP contribution < -0.4 is 0 Å². The first kappa shape index (κ1) is 38.7. The lowest BCUT2D eigenvalue weighted by atomic mass is 10.1. The van der Waals surface area contributed by atoms with Crippen LogP contribution in [-0.4, -0.2) is 97.2 Å². The predicted molar refractivity (Wildman–Crippen MR) is 195 cm³/mol. The van der Waals surface area contributed by atoms with Crippen molar-refractivity contribution in [2.75, 3.05) is 75.5 Å². The number of hydrogen-bond donors (Lipinski definition) is 0. The lowest BCUT2D eigenvalue weighted by molar-refractivity contribution is -0.143. The van der Waals surface area contributed by atoms with Crippen LogP contribution in [0.25, 0.3) is 0 Å². The maximum Gasteiger partial charge on any atom is 0.307 e. The first-order valence-corrected chi connectivity index (χ1v) is 22.8. The van der Waals surface area contributed by atoms with Gasteiger partial charge in [0.05, 0.1) is 12.8 Å². The monoisotopic (exact) mass is 690 g/mol. The molecule has 1 saturated heterocycles. The molecule has 3 rings (SSSR count). The average molecular weight is 691 g/mol. The van der Waals surface area contributed by atoms with E-state index in [9.17, 15) is 9.59 Å². The van der Waals surface area contributed by atoms with Crippen molar-refractivity contribution in [3.8, 4) is 0 Å². The number of carbonyl (C=O) groups is 2. The van der Waals surface area contributed by atoms with Crippen molar-refractivity contribution >= 4 is 55.1 Å². The number of rotatable bonds is 29. The highest BCUT2D eigenvalue weighted by Gasteiger charge is 2.34. The summed E-state index contributed by atoms with van der Waals surface area (Å²) in [7, 11) is 7.46. The zero-order valence-electron chi connectivity index (χ0n) is 27.9. The second-order valence-corrected chi connectivity index (χ2v) is 18.3. The van der Waals surface area contributed by atoms with Gasteiger partial charge in [0, 0.05) is 49.2 Å². The van der Waals surface area contributed by atoms with Crippen LogP contribution in [0.3, 0.4) is 0 Å². The van der Waals surface area contributed by atoms with E-state index in [1.807, 2.05) is 43.2 Å². The van der Waals surface area contributed by atoms with E-state index in [0.717, 1.165) is 61.4 Å². The summed E-state index contributed by atoms with van der Waals surface area (Å²) < 4.78 is 11.0. The second kappa shape index (κ2) is 24.4. The van der Waals surface area contributed by atoms with Crippen molar-refractivity contribution in [1.82, 2.24) is 9.80 Å². The Hall–Kier alpha value is 0.260. The number of ether oxygens (including phenoxy) is 2. The van der Waals surface area contributed by atoms with E-state index in [2.05, 4.69) is 23.6 Å². The van der Waals surface area contributed by atoms with Crippen molar-refractivity contribution in [2.24, 2.45) is 23.7 Å². The number of esters is 2. The van der Waals surface area contributed by atoms with Crippen LogP contribution in [0, 0.1) is 23.7 Å². The van der Waals surface area contributed by atoms with Gasteiger partial charge < -0.3 is 19.3 Å². The van der Waals surface area contributed by atoms with Crippen LogP contribution in [0.2, 0.25) is 0 Å². The fourth-order valence-corrected chi connectivity index (χ4v) is 10.3. The molecule has 0 amide bonds. The highest BCUT2D eigenvalue weighted by molar-refractivity contribution is 8.77. The molecule has 2 saturated carbocycles. The van der Waals surface area contributed by atoms with Crippen molar-refractivity contribution in [1.29, 1.82) is 0 Å². The van der Waals surface area contributed by atoms with Crippen LogP contribution in [0.15, 0.2) is 0 Å². The minimum absolute atomic E-state index is 0.133. The van der Waals surface area contributed by atoms with Crippen LogP contribution in [-0.2, 0) is 19.1 Å². The Labute approximate surface area is 285 Å². The molecule has 256 valence electrons. The van der Waals surface area contributed by atoms with Crippen molar-refractivity contribution < 1.29 is 19.1 Å². The second-order valence-electron chi connectivity index (χ2n) is 12.9. The van der Waals surface area contributed by atoms with Gasteiger partial charge in [0.1, 0.15) is 13.2 Å². The van der Waals surface area contributed by atoms with Gasteiger partial charge in [0.2, 0.25) is 0 Å². The average Bonchev–Trinajstić information content (AvgIpc) is 3.92. The van der Waals surface area contributed by atoms with Crippen molar-refractivity contribution in [3.63, 3.8) is 0 Å². The lowest BCUT2D eigenvalue weighted by Gasteiger charge is -2.24. The highest BCUT2D eigenvalue weighted by Crippen LogP contribution is 2.45. The Morgan fingerprint density at radius 1 is 0.659 bits per heavy atom. The maximum atomic E-state index is 12.4. The van der Waals surface area contributed by atoms with Crippen LogP contribution >= 0.6 is 43.2 Å². The van der Waals surface area contributed by atoms with E-state index < -0.39 is 0 Å². The first-order valence-electron chi connectivity index (χ1n) is 17.8. The van der Waals surface area contributed by atoms with Gasteiger partial charge in [-0.1, -0.05) is 95.5 Å². The molecule has 1 heterocycles. The molecule has 3 fully saturated rings. The summed E-state index contributed by atoms with van der Waals surface area (Å²) in [6, 6.07) is 0. The molecule has 2 aliphatic carbocycles. The number of carbonyl (C=O) groups excluding carboxylic acids is 2. The zero-order valence-corrected chi connectivity index (χ0v) is 31.1. The molecule has 10 heteroatoms. The van der Waals surface area contributed by atoms with E-state index in [1.54, 1.807) is 0 Å². The van der Waals surface area contributed by atoms with E-state index in [4.69, 9.17) is 9.47 Å². The summed E-state index contributed by atoms with van der Waals surface area (Å²) >= 11 is 0. The van der Waals surface area contributed by atoms with E-state index in [-0.39, 0.29) is 11.9 Å². The third-order valence-electron chi connectivity index (χ3n) is 9.51.